The van der Waals surface area contributed by atoms with E-state index in [-0.39, 0.29) is 17.0 Å². The Morgan fingerprint density at radius 1 is 1.50 bits per heavy atom. The van der Waals surface area contributed by atoms with Crippen LogP contribution in [0.25, 0.3) is 0 Å². The molecular weight excluding hydrogens is 284 g/mol. The number of aliphatic hydroxyl groups is 1. The van der Waals surface area contributed by atoms with Crippen molar-refractivity contribution in [2.75, 3.05) is 13.7 Å². The molecule has 0 bridgehead atoms. The molecule has 7 nitrogen and oxygen atoms in total. The molecule has 1 aromatic carbocycles. The van der Waals surface area contributed by atoms with E-state index >= 15 is 0 Å². The van der Waals surface area contributed by atoms with Gasteiger partial charge in [0.2, 0.25) is 10.0 Å². The molecule has 0 saturated heterocycles. The third-order valence-electron chi connectivity index (χ3n) is 2.69. The van der Waals surface area contributed by atoms with Gasteiger partial charge in [0.1, 0.15) is 0 Å². The van der Waals surface area contributed by atoms with Crippen LogP contribution in [0.2, 0.25) is 0 Å². The third kappa shape index (κ3) is 4.27. The van der Waals surface area contributed by atoms with Gasteiger partial charge in [-0.25, -0.2) is 17.9 Å². The Labute approximate surface area is 117 Å². The molecule has 0 amide bonds. The Bertz CT molecular complexity index is 571. The number of aliphatic hydroxyl groups excluding tert-OH is 1. The first kappa shape index (κ1) is 16.6. The van der Waals surface area contributed by atoms with Gasteiger partial charge in [0.05, 0.1) is 23.7 Å². The second-order valence-corrected chi connectivity index (χ2v) is 6.04. The fraction of sp³-hybridized carbons (Fsp3) is 0.417. The number of rotatable bonds is 6. The number of methoxy groups -OCH3 is 1. The van der Waals surface area contributed by atoms with Gasteiger partial charge in [-0.2, -0.15) is 0 Å². The van der Waals surface area contributed by atoms with E-state index in [1.165, 1.54) is 38.3 Å². The Hall–Kier alpha value is -1.48. The molecule has 4 N–H and O–H groups in total. The second-order valence-electron chi connectivity index (χ2n) is 4.28. The van der Waals surface area contributed by atoms with Crippen LogP contribution >= 0.6 is 0 Å². The monoisotopic (exact) mass is 302 g/mol. The molecule has 20 heavy (non-hydrogen) atoms. The lowest BCUT2D eigenvalue weighted by Crippen LogP contribution is -2.43. The highest BCUT2D eigenvalue weighted by Gasteiger charge is 2.18. The molecule has 0 spiro atoms. The van der Waals surface area contributed by atoms with E-state index in [9.17, 15) is 18.3 Å². The molecule has 0 aliphatic rings. The predicted octanol–water partition coefficient (Wildman–Crippen LogP) is -0.540. The van der Waals surface area contributed by atoms with E-state index < -0.39 is 28.1 Å². The lowest BCUT2D eigenvalue weighted by atomic mass is 10.2. The summed E-state index contributed by atoms with van der Waals surface area (Å²) in [7, 11) is -2.59. The van der Waals surface area contributed by atoms with Crippen molar-refractivity contribution in [3.8, 4) is 0 Å². The van der Waals surface area contributed by atoms with Crippen LogP contribution in [-0.4, -0.2) is 45.3 Å². The highest BCUT2D eigenvalue weighted by Crippen LogP contribution is 2.12. The first-order valence-electron chi connectivity index (χ1n) is 5.89. The maximum absolute atomic E-state index is 12.0. The molecule has 8 heteroatoms. The van der Waals surface area contributed by atoms with E-state index in [1.54, 1.807) is 0 Å². The van der Waals surface area contributed by atoms with Crippen LogP contribution < -0.4 is 10.5 Å². The van der Waals surface area contributed by atoms with E-state index in [2.05, 4.69) is 9.46 Å². The summed E-state index contributed by atoms with van der Waals surface area (Å²) in [6, 6.07) is 4.74. The average Bonchev–Trinajstić information content (AvgIpc) is 2.43. The van der Waals surface area contributed by atoms with Gasteiger partial charge in [-0.1, -0.05) is 6.07 Å². The summed E-state index contributed by atoms with van der Waals surface area (Å²) in [6.45, 7) is 1.36. The number of ether oxygens (including phenoxy) is 1. The number of esters is 1. The van der Waals surface area contributed by atoms with Crippen LogP contribution in [0.4, 0.5) is 0 Å². The molecule has 0 aromatic heterocycles. The molecule has 1 rings (SSSR count). The van der Waals surface area contributed by atoms with Gasteiger partial charge < -0.3 is 15.6 Å². The average molecular weight is 302 g/mol. The number of carbonyl (C=O) groups excluding carboxylic acids is 1. The Balaban J connectivity index is 2.90. The number of nitrogens with one attached hydrogen (secondary N) is 1. The molecule has 0 heterocycles. The summed E-state index contributed by atoms with van der Waals surface area (Å²) in [5.41, 5.74) is 5.68. The minimum absolute atomic E-state index is 0.0711. The van der Waals surface area contributed by atoms with Crippen molar-refractivity contribution >= 4 is 16.0 Å². The Morgan fingerprint density at radius 2 is 2.15 bits per heavy atom. The molecule has 0 radical (unpaired) electrons. The van der Waals surface area contributed by atoms with Crippen LogP contribution in [0.15, 0.2) is 29.2 Å². The van der Waals surface area contributed by atoms with Crippen molar-refractivity contribution in [3.05, 3.63) is 29.8 Å². The number of carbonyl (C=O) groups is 1. The molecule has 112 valence electrons. The van der Waals surface area contributed by atoms with Crippen LogP contribution in [0, 0.1) is 0 Å². The fourth-order valence-corrected chi connectivity index (χ4v) is 2.49. The van der Waals surface area contributed by atoms with Gasteiger partial charge >= 0.3 is 5.97 Å². The summed E-state index contributed by atoms with van der Waals surface area (Å²) in [5.74, 6) is -0.622. The summed E-state index contributed by atoms with van der Waals surface area (Å²) in [5, 5.41) is 9.22. The zero-order valence-electron chi connectivity index (χ0n) is 11.2. The minimum Gasteiger partial charge on any atom is -0.465 e. The first-order chi connectivity index (χ1) is 9.27. The smallest absolute Gasteiger partial charge is 0.337 e. The van der Waals surface area contributed by atoms with Crippen LogP contribution in [-0.2, 0) is 14.8 Å². The summed E-state index contributed by atoms with van der Waals surface area (Å²) in [6.07, 6.45) is -0.834. The van der Waals surface area contributed by atoms with E-state index in [0.717, 1.165) is 0 Å². The van der Waals surface area contributed by atoms with Gasteiger partial charge in [-0.15, -0.1) is 0 Å². The number of benzene rings is 1. The molecule has 2 unspecified atom stereocenters. The van der Waals surface area contributed by atoms with E-state index in [1.807, 2.05) is 0 Å². The summed E-state index contributed by atoms with van der Waals surface area (Å²) >= 11 is 0. The van der Waals surface area contributed by atoms with Gasteiger partial charge in [0.25, 0.3) is 0 Å². The van der Waals surface area contributed by atoms with E-state index in [0.29, 0.717) is 0 Å². The largest absolute Gasteiger partial charge is 0.465 e. The lowest BCUT2D eigenvalue weighted by Gasteiger charge is -2.15. The zero-order valence-corrected chi connectivity index (χ0v) is 12.1. The van der Waals surface area contributed by atoms with Crippen molar-refractivity contribution in [1.82, 2.24) is 4.72 Å². The Kier molecular flexibility index (Phi) is 5.63. The lowest BCUT2D eigenvalue weighted by molar-refractivity contribution is 0.0600. The number of hydrogen-bond acceptors (Lipinski definition) is 6. The van der Waals surface area contributed by atoms with Crippen molar-refractivity contribution in [2.45, 2.75) is 24.0 Å². The van der Waals surface area contributed by atoms with Crippen LogP contribution in [0.1, 0.15) is 17.3 Å². The van der Waals surface area contributed by atoms with Gasteiger partial charge in [-0.3, -0.25) is 0 Å². The zero-order chi connectivity index (χ0) is 15.3. The predicted molar refractivity (Wildman–Crippen MR) is 72.6 cm³/mol. The minimum atomic E-state index is -3.80. The van der Waals surface area contributed by atoms with E-state index in [4.69, 9.17) is 5.73 Å². The van der Waals surface area contributed by atoms with Crippen LogP contribution in [0.3, 0.4) is 0 Å². The van der Waals surface area contributed by atoms with Crippen molar-refractivity contribution in [1.29, 1.82) is 0 Å². The first-order valence-corrected chi connectivity index (χ1v) is 7.38. The molecule has 0 aliphatic carbocycles. The second kappa shape index (κ2) is 6.80. The third-order valence-corrected chi connectivity index (χ3v) is 4.12. The molecular formula is C12H18N2O5S. The quantitative estimate of drug-likeness (QED) is 0.607. The normalized spacial score (nSPS) is 14.6. The number of nitrogens with two attached hydrogens (primary N) is 1. The van der Waals surface area contributed by atoms with Crippen LogP contribution in [0.5, 0.6) is 0 Å². The number of hydrogen-bond donors (Lipinski definition) is 3. The van der Waals surface area contributed by atoms with Gasteiger partial charge in [0, 0.05) is 12.6 Å². The molecule has 2 atom stereocenters. The topological polar surface area (TPSA) is 119 Å². The highest BCUT2D eigenvalue weighted by atomic mass is 32.2. The SMILES string of the molecule is COC(=O)c1cccc(S(=O)(=O)NCC(N)C(C)O)c1. The van der Waals surface area contributed by atoms with Crippen molar-refractivity contribution in [3.63, 3.8) is 0 Å². The summed E-state index contributed by atoms with van der Waals surface area (Å²) in [4.78, 5) is 11.3. The molecule has 0 saturated carbocycles. The fourth-order valence-electron chi connectivity index (χ4n) is 1.37. The maximum atomic E-state index is 12.0. The molecule has 1 aromatic rings. The van der Waals surface area contributed by atoms with Crippen molar-refractivity contribution in [2.24, 2.45) is 5.73 Å². The standard InChI is InChI=1S/C12H18N2O5S/c1-8(15)11(13)7-14-20(17,18)10-5-3-4-9(6-10)12(16)19-2/h3-6,8,11,14-15H,7,13H2,1-2H3. The van der Waals surface area contributed by atoms with Crippen molar-refractivity contribution < 1.29 is 23.1 Å². The Morgan fingerprint density at radius 3 is 2.70 bits per heavy atom. The van der Waals surface area contributed by atoms with Gasteiger partial charge in [-0.05, 0) is 25.1 Å². The molecule has 0 fully saturated rings. The highest BCUT2D eigenvalue weighted by molar-refractivity contribution is 7.89. The molecule has 0 aliphatic heterocycles. The summed E-state index contributed by atoms with van der Waals surface area (Å²) < 4.78 is 30.8. The number of sulfonamides is 1. The maximum Gasteiger partial charge on any atom is 0.337 e. The van der Waals surface area contributed by atoms with Gasteiger partial charge in [0.15, 0.2) is 0 Å².